The summed E-state index contributed by atoms with van der Waals surface area (Å²) in [6.45, 7) is 3.91. The molecular weight excluding hydrogens is 496 g/mol. The van der Waals surface area contributed by atoms with Crippen LogP contribution in [0, 0.1) is 6.92 Å². The van der Waals surface area contributed by atoms with Gasteiger partial charge in [-0.3, -0.25) is 9.69 Å². The van der Waals surface area contributed by atoms with Gasteiger partial charge in [-0.1, -0.05) is 48.0 Å². The first kappa shape index (κ1) is 27.4. The Hall–Kier alpha value is -4.59. The van der Waals surface area contributed by atoms with Gasteiger partial charge in [-0.2, -0.15) is 0 Å². The molecule has 0 spiro atoms. The zero-order valence-corrected chi connectivity index (χ0v) is 22.6. The minimum Gasteiger partial charge on any atom is -0.496 e. The average Bonchev–Trinajstić information content (AvgIpc) is 3.35. The van der Waals surface area contributed by atoms with Gasteiger partial charge in [0.1, 0.15) is 12.4 Å². The van der Waals surface area contributed by atoms with Crippen LogP contribution in [0.3, 0.4) is 0 Å². The quantitative estimate of drug-likeness (QED) is 0.252. The van der Waals surface area contributed by atoms with E-state index in [0.717, 1.165) is 11.1 Å². The minimum atomic E-state index is -0.496. The van der Waals surface area contributed by atoms with Crippen LogP contribution in [0.1, 0.15) is 46.8 Å². The van der Waals surface area contributed by atoms with Gasteiger partial charge in [-0.25, -0.2) is 9.59 Å². The van der Waals surface area contributed by atoms with Gasteiger partial charge in [-0.15, -0.1) is 0 Å². The predicted octanol–water partition coefficient (Wildman–Crippen LogP) is 6.49. The SMILES string of the molecule is COC(=O)CC/C(C)=C/Cc1c(NC(=O)N(c2ccccc2)c2ccccc2)c2c(c(C)c1OC)COC2=O. The number of para-hydroxylation sites is 2. The van der Waals surface area contributed by atoms with Crippen LogP contribution < -0.4 is 15.0 Å². The van der Waals surface area contributed by atoms with E-state index in [-0.39, 0.29) is 19.0 Å². The van der Waals surface area contributed by atoms with Crippen molar-refractivity contribution in [2.75, 3.05) is 24.4 Å². The van der Waals surface area contributed by atoms with Crippen molar-refractivity contribution in [3.63, 3.8) is 0 Å². The number of cyclic esters (lactones) is 1. The molecule has 39 heavy (non-hydrogen) atoms. The zero-order valence-electron chi connectivity index (χ0n) is 22.6. The molecule has 1 aliphatic rings. The molecule has 1 aliphatic heterocycles. The fourth-order valence-corrected chi connectivity index (χ4v) is 4.67. The number of anilines is 3. The number of fused-ring (bicyclic) bond motifs is 1. The highest BCUT2D eigenvalue weighted by Gasteiger charge is 2.33. The monoisotopic (exact) mass is 528 g/mol. The van der Waals surface area contributed by atoms with Crippen LogP contribution in [0.25, 0.3) is 0 Å². The summed E-state index contributed by atoms with van der Waals surface area (Å²) in [4.78, 5) is 40.1. The van der Waals surface area contributed by atoms with Gasteiger partial charge in [0.05, 0.1) is 36.8 Å². The van der Waals surface area contributed by atoms with Crippen LogP contribution in [0.2, 0.25) is 0 Å². The first-order valence-electron chi connectivity index (χ1n) is 12.7. The van der Waals surface area contributed by atoms with Crippen molar-refractivity contribution in [2.24, 2.45) is 0 Å². The summed E-state index contributed by atoms with van der Waals surface area (Å²) in [5, 5.41) is 3.03. The van der Waals surface area contributed by atoms with Crippen molar-refractivity contribution < 1.29 is 28.6 Å². The van der Waals surface area contributed by atoms with E-state index in [1.165, 1.54) is 7.11 Å². The first-order valence-corrected chi connectivity index (χ1v) is 12.7. The molecule has 0 bridgehead atoms. The number of carbonyl (C=O) groups excluding carboxylic acids is 3. The molecule has 1 heterocycles. The second kappa shape index (κ2) is 12.3. The highest BCUT2D eigenvalue weighted by molar-refractivity contribution is 6.11. The molecule has 2 amide bonds. The fraction of sp³-hybridized carbons (Fsp3) is 0.258. The van der Waals surface area contributed by atoms with Gasteiger partial charge < -0.3 is 19.5 Å². The third-order valence-electron chi connectivity index (χ3n) is 6.75. The molecule has 8 nitrogen and oxygen atoms in total. The maximum absolute atomic E-state index is 14.0. The fourth-order valence-electron chi connectivity index (χ4n) is 4.67. The second-order valence-corrected chi connectivity index (χ2v) is 9.21. The summed E-state index contributed by atoms with van der Waals surface area (Å²) in [5.74, 6) is -0.207. The van der Waals surface area contributed by atoms with E-state index in [1.54, 1.807) is 12.0 Å². The van der Waals surface area contributed by atoms with E-state index < -0.39 is 12.0 Å². The number of allylic oxidation sites excluding steroid dienone is 2. The molecule has 0 aromatic heterocycles. The van der Waals surface area contributed by atoms with Gasteiger partial charge >= 0.3 is 18.0 Å². The third kappa shape index (κ3) is 5.95. The number of benzene rings is 3. The lowest BCUT2D eigenvalue weighted by Gasteiger charge is -2.26. The van der Waals surface area contributed by atoms with Gasteiger partial charge in [0.25, 0.3) is 0 Å². The molecule has 0 atom stereocenters. The molecule has 0 fully saturated rings. The summed E-state index contributed by atoms with van der Waals surface area (Å²) in [6, 6.07) is 18.1. The van der Waals surface area contributed by atoms with Crippen molar-refractivity contribution in [2.45, 2.75) is 39.7 Å². The Morgan fingerprint density at radius 1 is 1.00 bits per heavy atom. The van der Waals surface area contributed by atoms with Crippen molar-refractivity contribution in [1.82, 2.24) is 0 Å². The number of rotatable bonds is 9. The minimum absolute atomic E-state index is 0.106. The smallest absolute Gasteiger partial charge is 0.341 e. The third-order valence-corrected chi connectivity index (χ3v) is 6.75. The number of hydrogen-bond donors (Lipinski definition) is 1. The predicted molar refractivity (Wildman–Crippen MR) is 150 cm³/mol. The van der Waals surface area contributed by atoms with E-state index in [0.29, 0.717) is 52.3 Å². The average molecular weight is 529 g/mol. The van der Waals surface area contributed by atoms with E-state index in [1.807, 2.05) is 80.6 Å². The Morgan fingerprint density at radius 2 is 1.62 bits per heavy atom. The van der Waals surface area contributed by atoms with Crippen LogP contribution in [0.5, 0.6) is 5.75 Å². The highest BCUT2D eigenvalue weighted by atomic mass is 16.5. The maximum atomic E-state index is 14.0. The molecule has 3 aromatic carbocycles. The maximum Gasteiger partial charge on any atom is 0.341 e. The molecule has 202 valence electrons. The van der Waals surface area contributed by atoms with E-state index in [9.17, 15) is 14.4 Å². The number of nitrogens with one attached hydrogen (secondary N) is 1. The van der Waals surface area contributed by atoms with E-state index >= 15 is 0 Å². The van der Waals surface area contributed by atoms with Crippen LogP contribution >= 0.6 is 0 Å². The molecule has 3 aromatic rings. The lowest BCUT2D eigenvalue weighted by Crippen LogP contribution is -2.32. The number of urea groups is 1. The van der Waals surface area contributed by atoms with Crippen molar-refractivity contribution in [3.8, 4) is 5.75 Å². The Balaban J connectivity index is 1.79. The van der Waals surface area contributed by atoms with Gasteiger partial charge in [-0.05, 0) is 56.5 Å². The lowest BCUT2D eigenvalue weighted by molar-refractivity contribution is -0.140. The number of ether oxygens (including phenoxy) is 3. The Kier molecular flexibility index (Phi) is 8.66. The number of amides is 2. The van der Waals surface area contributed by atoms with Gasteiger partial charge in [0.2, 0.25) is 0 Å². The van der Waals surface area contributed by atoms with E-state index in [4.69, 9.17) is 14.2 Å². The molecule has 0 radical (unpaired) electrons. The van der Waals surface area contributed by atoms with Crippen molar-refractivity contribution in [1.29, 1.82) is 0 Å². The Morgan fingerprint density at radius 3 is 2.18 bits per heavy atom. The van der Waals surface area contributed by atoms with Gasteiger partial charge in [0, 0.05) is 17.5 Å². The number of esters is 2. The largest absolute Gasteiger partial charge is 0.496 e. The summed E-state index contributed by atoms with van der Waals surface area (Å²) in [7, 11) is 2.93. The molecule has 4 rings (SSSR count). The number of nitrogens with zero attached hydrogens (tertiary/aromatic N) is 1. The Labute approximate surface area is 228 Å². The molecule has 8 heteroatoms. The lowest BCUT2D eigenvalue weighted by atomic mass is 9.93. The second-order valence-electron chi connectivity index (χ2n) is 9.21. The standard InChI is InChI=1S/C31H32N2O6/c1-20(16-18-26(34)37-3)15-17-24-28(27-25(19-39-30(27)35)21(2)29(24)38-4)32-31(36)33(22-11-7-5-8-12-22)23-13-9-6-10-14-23/h5-15H,16-19H2,1-4H3,(H,32,36)/b20-15+. The van der Waals surface area contributed by atoms with E-state index in [2.05, 4.69) is 5.32 Å². The van der Waals surface area contributed by atoms with Crippen LogP contribution in [-0.2, 0) is 27.3 Å². The summed E-state index contributed by atoms with van der Waals surface area (Å²) in [6.07, 6.45) is 3.12. The zero-order chi connectivity index (χ0) is 27.9. The molecule has 0 unspecified atom stereocenters. The van der Waals surface area contributed by atoms with Gasteiger partial charge in [0.15, 0.2) is 0 Å². The highest BCUT2D eigenvalue weighted by Crippen LogP contribution is 2.42. The Bertz CT molecular complexity index is 1360. The summed E-state index contributed by atoms with van der Waals surface area (Å²) < 4.78 is 15.9. The summed E-state index contributed by atoms with van der Waals surface area (Å²) >= 11 is 0. The first-order chi connectivity index (χ1) is 18.8. The molecule has 1 N–H and O–H groups in total. The van der Waals surface area contributed by atoms with Crippen LogP contribution in [-0.4, -0.2) is 32.2 Å². The van der Waals surface area contributed by atoms with Crippen molar-refractivity contribution >= 4 is 35.0 Å². The number of carbonyl (C=O) groups is 3. The summed E-state index contributed by atoms with van der Waals surface area (Å²) in [5.41, 5.74) is 5.12. The topological polar surface area (TPSA) is 94.2 Å². The molecule has 0 saturated heterocycles. The molecule has 0 saturated carbocycles. The van der Waals surface area contributed by atoms with Crippen molar-refractivity contribution in [3.05, 3.63) is 94.6 Å². The number of hydrogen-bond acceptors (Lipinski definition) is 6. The molecule has 0 aliphatic carbocycles. The number of methoxy groups -OCH3 is 2. The van der Waals surface area contributed by atoms with Crippen LogP contribution in [0.15, 0.2) is 72.3 Å². The normalized spacial score (nSPS) is 12.4. The molecular formula is C31H32N2O6. The van der Waals surface area contributed by atoms with Crippen LogP contribution in [0.4, 0.5) is 21.9 Å².